The first-order chi connectivity index (χ1) is 8.02. The van der Waals surface area contributed by atoms with Crippen LogP contribution in [0.2, 0.25) is 0 Å². The van der Waals surface area contributed by atoms with Crippen molar-refractivity contribution in [3.8, 4) is 0 Å². The molecule has 0 bridgehead atoms. The van der Waals surface area contributed by atoms with Crippen molar-refractivity contribution in [1.82, 2.24) is 4.98 Å². The van der Waals surface area contributed by atoms with Crippen LogP contribution in [0, 0.1) is 10.1 Å². The van der Waals surface area contributed by atoms with Crippen LogP contribution in [-0.4, -0.2) is 27.7 Å². The van der Waals surface area contributed by atoms with Gasteiger partial charge >= 0.3 is 5.69 Å². The van der Waals surface area contributed by atoms with Crippen molar-refractivity contribution in [2.45, 2.75) is 25.9 Å². The van der Waals surface area contributed by atoms with Gasteiger partial charge in [-0.15, -0.1) is 0 Å². The van der Waals surface area contributed by atoms with E-state index in [0.29, 0.717) is 23.1 Å². The van der Waals surface area contributed by atoms with Gasteiger partial charge in [0.1, 0.15) is 11.9 Å². The Labute approximate surface area is 107 Å². The first-order valence-corrected chi connectivity index (χ1v) is 6.01. The van der Waals surface area contributed by atoms with Crippen molar-refractivity contribution < 1.29 is 10.0 Å². The highest BCUT2D eigenvalue weighted by molar-refractivity contribution is 9.10. The van der Waals surface area contributed by atoms with Gasteiger partial charge in [0.15, 0.2) is 0 Å². The van der Waals surface area contributed by atoms with E-state index in [1.807, 2.05) is 0 Å². The smallest absolute Gasteiger partial charge is 0.311 e. The molecular weight excluding hydrogens is 290 g/mol. The van der Waals surface area contributed by atoms with Gasteiger partial charge in [0.2, 0.25) is 0 Å². The zero-order valence-corrected chi connectivity index (χ0v) is 11.0. The number of nitrogens with zero attached hydrogens (tertiary/aromatic N) is 2. The molecule has 2 N–H and O–H groups in total. The predicted octanol–water partition coefficient (Wildman–Crippen LogP) is 2.33. The fraction of sp³-hybridized carbons (Fsp3) is 0.500. The second-order valence-corrected chi connectivity index (χ2v) is 4.54. The summed E-state index contributed by atoms with van der Waals surface area (Å²) < 4.78 is 0.559. The normalized spacial score (nSPS) is 12.2. The van der Waals surface area contributed by atoms with E-state index in [1.165, 1.54) is 12.4 Å². The van der Waals surface area contributed by atoms with E-state index in [9.17, 15) is 10.1 Å². The lowest BCUT2D eigenvalue weighted by atomic mass is 10.2. The Balaban J connectivity index is 2.66. The molecule has 1 unspecified atom stereocenters. The van der Waals surface area contributed by atoms with Crippen LogP contribution in [0.4, 0.5) is 11.4 Å². The fourth-order valence-electron chi connectivity index (χ4n) is 1.35. The number of anilines is 1. The molecule has 1 aromatic rings. The van der Waals surface area contributed by atoms with E-state index in [4.69, 9.17) is 5.11 Å². The van der Waals surface area contributed by atoms with Gasteiger partial charge in [-0.1, -0.05) is 0 Å². The standard InChI is InChI=1S/C10H14BrN3O3/c1-7(15)3-2-4-13-10-8(11)5-12-6-9(10)14(16)17/h5-7,15H,2-4H2,1H3,(H,12,13). The summed E-state index contributed by atoms with van der Waals surface area (Å²) in [5, 5.41) is 22.8. The average molecular weight is 304 g/mol. The van der Waals surface area contributed by atoms with Crippen LogP contribution in [0.1, 0.15) is 19.8 Å². The highest BCUT2D eigenvalue weighted by atomic mass is 79.9. The zero-order valence-electron chi connectivity index (χ0n) is 9.39. The molecule has 17 heavy (non-hydrogen) atoms. The lowest BCUT2D eigenvalue weighted by Crippen LogP contribution is -2.08. The molecule has 0 aliphatic heterocycles. The summed E-state index contributed by atoms with van der Waals surface area (Å²) in [6, 6.07) is 0. The Morgan fingerprint density at radius 2 is 2.35 bits per heavy atom. The summed E-state index contributed by atoms with van der Waals surface area (Å²) in [6.45, 7) is 2.28. The summed E-state index contributed by atoms with van der Waals surface area (Å²) in [7, 11) is 0. The number of aliphatic hydroxyl groups excluding tert-OH is 1. The summed E-state index contributed by atoms with van der Waals surface area (Å²) in [6.07, 6.45) is 3.76. The van der Waals surface area contributed by atoms with Crippen LogP contribution in [-0.2, 0) is 0 Å². The van der Waals surface area contributed by atoms with E-state index >= 15 is 0 Å². The molecule has 0 aliphatic rings. The van der Waals surface area contributed by atoms with E-state index in [2.05, 4.69) is 26.2 Å². The molecule has 0 aliphatic carbocycles. The van der Waals surface area contributed by atoms with Crippen molar-refractivity contribution in [3.63, 3.8) is 0 Å². The summed E-state index contributed by atoms with van der Waals surface area (Å²) in [5.41, 5.74) is 0.368. The maximum Gasteiger partial charge on any atom is 0.311 e. The van der Waals surface area contributed by atoms with Gasteiger partial charge in [0.25, 0.3) is 0 Å². The lowest BCUT2D eigenvalue weighted by Gasteiger charge is -2.09. The van der Waals surface area contributed by atoms with E-state index < -0.39 is 4.92 Å². The van der Waals surface area contributed by atoms with Crippen molar-refractivity contribution in [2.24, 2.45) is 0 Å². The van der Waals surface area contributed by atoms with E-state index in [0.717, 1.165) is 6.42 Å². The Hall–Kier alpha value is -1.21. The minimum atomic E-state index is -0.477. The minimum absolute atomic E-state index is 0.0589. The van der Waals surface area contributed by atoms with Crippen molar-refractivity contribution in [2.75, 3.05) is 11.9 Å². The van der Waals surface area contributed by atoms with Gasteiger partial charge < -0.3 is 10.4 Å². The largest absolute Gasteiger partial charge is 0.393 e. The second-order valence-electron chi connectivity index (χ2n) is 3.69. The summed E-state index contributed by atoms with van der Waals surface area (Å²) in [5.74, 6) is 0. The predicted molar refractivity (Wildman–Crippen MR) is 68.0 cm³/mol. The van der Waals surface area contributed by atoms with Gasteiger partial charge in [0, 0.05) is 12.7 Å². The Morgan fingerprint density at radius 3 is 2.94 bits per heavy atom. The third kappa shape index (κ3) is 4.27. The first kappa shape index (κ1) is 13.9. The Morgan fingerprint density at radius 1 is 1.65 bits per heavy atom. The molecule has 0 radical (unpaired) electrons. The molecule has 94 valence electrons. The first-order valence-electron chi connectivity index (χ1n) is 5.22. The topological polar surface area (TPSA) is 88.3 Å². The Kier molecular flexibility index (Phi) is 5.30. The maximum atomic E-state index is 10.8. The Bertz CT molecular complexity index is 398. The third-order valence-corrected chi connectivity index (χ3v) is 2.78. The molecule has 0 spiro atoms. The molecule has 0 fully saturated rings. The number of pyridine rings is 1. The molecule has 1 aromatic heterocycles. The molecule has 1 heterocycles. The van der Waals surface area contributed by atoms with Crippen molar-refractivity contribution >= 4 is 27.3 Å². The maximum absolute atomic E-state index is 10.8. The summed E-state index contributed by atoms with van der Waals surface area (Å²) in [4.78, 5) is 14.1. The van der Waals surface area contributed by atoms with Crippen LogP contribution >= 0.6 is 15.9 Å². The molecule has 0 saturated carbocycles. The van der Waals surface area contributed by atoms with E-state index in [-0.39, 0.29) is 11.8 Å². The fourth-order valence-corrected chi connectivity index (χ4v) is 1.81. The minimum Gasteiger partial charge on any atom is -0.393 e. The average Bonchev–Trinajstić information content (AvgIpc) is 2.25. The van der Waals surface area contributed by atoms with Crippen LogP contribution < -0.4 is 5.32 Å². The number of nitro groups is 1. The highest BCUT2D eigenvalue weighted by Crippen LogP contribution is 2.30. The number of hydrogen-bond donors (Lipinski definition) is 2. The molecule has 0 saturated heterocycles. The highest BCUT2D eigenvalue weighted by Gasteiger charge is 2.16. The molecule has 0 amide bonds. The van der Waals surface area contributed by atoms with Crippen molar-refractivity contribution in [1.29, 1.82) is 0 Å². The quantitative estimate of drug-likeness (QED) is 0.478. The van der Waals surface area contributed by atoms with Crippen molar-refractivity contribution in [3.05, 3.63) is 27.0 Å². The number of aromatic nitrogens is 1. The zero-order chi connectivity index (χ0) is 12.8. The molecule has 6 nitrogen and oxygen atoms in total. The van der Waals surface area contributed by atoms with Crippen LogP contribution in [0.15, 0.2) is 16.9 Å². The molecule has 1 atom stereocenters. The third-order valence-electron chi connectivity index (χ3n) is 2.18. The second kappa shape index (κ2) is 6.51. The van der Waals surface area contributed by atoms with Gasteiger partial charge in [-0.05, 0) is 35.7 Å². The number of aliphatic hydroxyl groups is 1. The van der Waals surface area contributed by atoms with Crippen LogP contribution in [0.25, 0.3) is 0 Å². The number of rotatable bonds is 6. The lowest BCUT2D eigenvalue weighted by molar-refractivity contribution is -0.384. The van der Waals surface area contributed by atoms with Gasteiger partial charge in [0.05, 0.1) is 15.5 Å². The van der Waals surface area contributed by atoms with Crippen LogP contribution in [0.5, 0.6) is 0 Å². The van der Waals surface area contributed by atoms with Gasteiger partial charge in [-0.25, -0.2) is 0 Å². The van der Waals surface area contributed by atoms with Gasteiger partial charge in [-0.3, -0.25) is 15.1 Å². The number of nitrogens with one attached hydrogen (secondary N) is 1. The SMILES string of the molecule is CC(O)CCCNc1c(Br)cncc1[N+](=O)[O-]. The molecular formula is C10H14BrN3O3. The van der Waals surface area contributed by atoms with Crippen LogP contribution in [0.3, 0.4) is 0 Å². The number of hydrogen-bond acceptors (Lipinski definition) is 5. The molecule has 7 heteroatoms. The molecule has 0 aromatic carbocycles. The number of halogens is 1. The van der Waals surface area contributed by atoms with E-state index in [1.54, 1.807) is 6.92 Å². The molecule has 1 rings (SSSR count). The monoisotopic (exact) mass is 303 g/mol. The summed E-state index contributed by atoms with van der Waals surface area (Å²) >= 11 is 3.22. The van der Waals surface area contributed by atoms with Gasteiger partial charge in [-0.2, -0.15) is 0 Å².